The van der Waals surface area contributed by atoms with Gasteiger partial charge in [0.05, 0.1) is 0 Å². The SMILES string of the molecule is COC(C)OCOc1cc2ccc(Cl)cc2cc1C12CC3CC(CC(C3)C1)C2. The van der Waals surface area contributed by atoms with E-state index >= 15 is 0 Å². The molecule has 28 heavy (non-hydrogen) atoms. The summed E-state index contributed by atoms with van der Waals surface area (Å²) in [4.78, 5) is 0. The minimum atomic E-state index is -0.276. The zero-order valence-corrected chi connectivity index (χ0v) is 17.5. The van der Waals surface area contributed by atoms with Gasteiger partial charge < -0.3 is 14.2 Å². The molecule has 2 aromatic carbocycles. The Hall–Kier alpha value is -1.29. The van der Waals surface area contributed by atoms with Crippen LogP contribution in [0, 0.1) is 17.8 Å². The third-order valence-electron chi connectivity index (χ3n) is 7.36. The van der Waals surface area contributed by atoms with Crippen LogP contribution in [-0.2, 0) is 14.9 Å². The standard InChI is InChI=1S/C24H29ClO3/c1-15(26-2)27-14-28-23-10-19-3-4-21(25)8-20(19)9-22(23)24-11-16-5-17(12-24)7-18(6-16)13-24/h3-4,8-10,15-18H,5-7,11-14H2,1-2H3. The molecule has 0 heterocycles. The van der Waals surface area contributed by atoms with Crippen LogP contribution >= 0.6 is 11.6 Å². The first-order valence-corrected chi connectivity index (χ1v) is 10.9. The second kappa shape index (κ2) is 7.19. The second-order valence-electron chi connectivity index (χ2n) is 9.27. The normalized spacial score (nSPS) is 32.0. The third kappa shape index (κ3) is 3.32. The Bertz CT molecular complexity index is 842. The quantitative estimate of drug-likeness (QED) is 0.532. The zero-order chi connectivity index (χ0) is 19.3. The maximum absolute atomic E-state index is 6.30. The van der Waals surface area contributed by atoms with Gasteiger partial charge >= 0.3 is 0 Å². The average Bonchev–Trinajstić information content (AvgIpc) is 2.66. The summed E-state index contributed by atoms with van der Waals surface area (Å²) in [7, 11) is 1.64. The molecule has 0 saturated heterocycles. The van der Waals surface area contributed by atoms with Crippen LogP contribution in [0.1, 0.15) is 51.0 Å². The summed E-state index contributed by atoms with van der Waals surface area (Å²) < 4.78 is 17.0. The highest BCUT2D eigenvalue weighted by molar-refractivity contribution is 6.31. The lowest BCUT2D eigenvalue weighted by molar-refractivity contribution is -0.150. The Morgan fingerprint density at radius 1 is 1.00 bits per heavy atom. The third-order valence-corrected chi connectivity index (χ3v) is 7.59. The second-order valence-corrected chi connectivity index (χ2v) is 9.71. The van der Waals surface area contributed by atoms with Gasteiger partial charge in [-0.3, -0.25) is 0 Å². The Labute approximate surface area is 172 Å². The first kappa shape index (κ1) is 18.7. The molecule has 4 bridgehead atoms. The molecule has 1 unspecified atom stereocenters. The number of methoxy groups -OCH3 is 1. The van der Waals surface area contributed by atoms with Crippen LogP contribution in [0.25, 0.3) is 10.8 Å². The zero-order valence-electron chi connectivity index (χ0n) is 16.7. The maximum Gasteiger partial charge on any atom is 0.191 e. The molecule has 2 aromatic rings. The lowest BCUT2D eigenvalue weighted by Gasteiger charge is -2.57. The fraction of sp³-hybridized carbons (Fsp3) is 0.583. The molecule has 4 heteroatoms. The molecule has 6 rings (SSSR count). The Morgan fingerprint density at radius 2 is 1.68 bits per heavy atom. The number of fused-ring (bicyclic) bond motifs is 1. The summed E-state index contributed by atoms with van der Waals surface area (Å²) in [6.07, 6.45) is 7.93. The molecule has 0 radical (unpaired) electrons. The fourth-order valence-electron chi connectivity index (χ4n) is 6.48. The van der Waals surface area contributed by atoms with Crippen molar-refractivity contribution in [2.24, 2.45) is 17.8 Å². The van der Waals surface area contributed by atoms with E-state index in [0.717, 1.165) is 33.9 Å². The Morgan fingerprint density at radius 3 is 2.32 bits per heavy atom. The van der Waals surface area contributed by atoms with E-state index in [9.17, 15) is 0 Å². The summed E-state index contributed by atoms with van der Waals surface area (Å²) in [5.74, 6) is 3.64. The number of hydrogen-bond donors (Lipinski definition) is 0. The van der Waals surface area contributed by atoms with Gasteiger partial charge in [-0.2, -0.15) is 0 Å². The largest absolute Gasteiger partial charge is 0.467 e. The van der Waals surface area contributed by atoms with Gasteiger partial charge in [0, 0.05) is 17.7 Å². The molecular weight excluding hydrogens is 372 g/mol. The molecule has 1 atom stereocenters. The molecule has 3 nitrogen and oxygen atoms in total. The number of halogens is 1. The number of rotatable bonds is 6. The molecular formula is C24H29ClO3. The topological polar surface area (TPSA) is 27.7 Å². The van der Waals surface area contributed by atoms with E-state index in [0.29, 0.717) is 0 Å². The van der Waals surface area contributed by atoms with Gasteiger partial charge in [-0.05, 0) is 104 Å². The first-order valence-electron chi connectivity index (χ1n) is 10.6. The van der Waals surface area contributed by atoms with E-state index in [1.165, 1.54) is 49.5 Å². The van der Waals surface area contributed by atoms with E-state index in [4.69, 9.17) is 25.8 Å². The Balaban J connectivity index is 1.54. The molecule has 0 spiro atoms. The summed E-state index contributed by atoms with van der Waals surface area (Å²) in [5, 5.41) is 3.15. The highest BCUT2D eigenvalue weighted by atomic mass is 35.5. The minimum absolute atomic E-state index is 0.202. The molecule has 4 saturated carbocycles. The van der Waals surface area contributed by atoms with Crippen LogP contribution in [0.5, 0.6) is 5.75 Å². The monoisotopic (exact) mass is 400 g/mol. The van der Waals surface area contributed by atoms with Crippen molar-refractivity contribution in [1.82, 2.24) is 0 Å². The van der Waals surface area contributed by atoms with Gasteiger partial charge in [-0.1, -0.05) is 17.7 Å². The van der Waals surface area contributed by atoms with Crippen LogP contribution in [0.3, 0.4) is 0 Å². The summed E-state index contributed by atoms with van der Waals surface area (Å²) in [6.45, 7) is 2.08. The van der Waals surface area contributed by atoms with E-state index < -0.39 is 0 Å². The van der Waals surface area contributed by atoms with E-state index in [1.54, 1.807) is 7.11 Å². The van der Waals surface area contributed by atoms with Gasteiger partial charge in [0.1, 0.15) is 5.75 Å². The van der Waals surface area contributed by atoms with Crippen molar-refractivity contribution in [3.63, 3.8) is 0 Å². The highest BCUT2D eigenvalue weighted by Gasteiger charge is 2.52. The Kier molecular flexibility index (Phi) is 4.81. The predicted octanol–water partition coefficient (Wildman–Crippen LogP) is 6.31. The molecule has 4 aliphatic rings. The van der Waals surface area contributed by atoms with Crippen LogP contribution < -0.4 is 4.74 Å². The van der Waals surface area contributed by atoms with Crippen LogP contribution in [-0.4, -0.2) is 20.2 Å². The van der Waals surface area contributed by atoms with Gasteiger partial charge in [-0.25, -0.2) is 0 Å². The van der Waals surface area contributed by atoms with Crippen LogP contribution in [0.4, 0.5) is 0 Å². The average molecular weight is 401 g/mol. The van der Waals surface area contributed by atoms with E-state index in [2.05, 4.69) is 24.3 Å². The maximum atomic E-state index is 6.30. The van der Waals surface area contributed by atoms with Crippen molar-refractivity contribution in [3.05, 3.63) is 40.9 Å². The lowest BCUT2D eigenvalue weighted by Crippen LogP contribution is -2.48. The van der Waals surface area contributed by atoms with E-state index in [-0.39, 0.29) is 18.5 Å². The van der Waals surface area contributed by atoms with E-state index in [1.807, 2.05) is 13.0 Å². The fourth-order valence-corrected chi connectivity index (χ4v) is 6.66. The first-order chi connectivity index (χ1) is 13.5. The number of benzene rings is 2. The molecule has 4 aliphatic carbocycles. The summed E-state index contributed by atoms with van der Waals surface area (Å²) in [6, 6.07) is 10.6. The molecule has 0 N–H and O–H groups in total. The molecule has 4 fully saturated rings. The highest BCUT2D eigenvalue weighted by Crippen LogP contribution is 2.62. The van der Waals surface area contributed by atoms with Crippen molar-refractivity contribution >= 4 is 22.4 Å². The molecule has 0 aromatic heterocycles. The van der Waals surface area contributed by atoms with Crippen molar-refractivity contribution < 1.29 is 14.2 Å². The van der Waals surface area contributed by atoms with Gasteiger partial charge in [0.25, 0.3) is 0 Å². The van der Waals surface area contributed by atoms with Crippen LogP contribution in [0.2, 0.25) is 5.02 Å². The molecule has 0 aliphatic heterocycles. The molecule has 150 valence electrons. The lowest BCUT2D eigenvalue weighted by atomic mass is 9.48. The van der Waals surface area contributed by atoms with Crippen LogP contribution in [0.15, 0.2) is 30.3 Å². The van der Waals surface area contributed by atoms with Crippen molar-refractivity contribution in [2.75, 3.05) is 13.9 Å². The van der Waals surface area contributed by atoms with Gasteiger partial charge in [0.2, 0.25) is 0 Å². The number of hydrogen-bond acceptors (Lipinski definition) is 3. The predicted molar refractivity (Wildman–Crippen MR) is 112 cm³/mol. The van der Waals surface area contributed by atoms with Gasteiger partial charge in [0.15, 0.2) is 13.1 Å². The summed E-state index contributed by atoms with van der Waals surface area (Å²) >= 11 is 6.30. The smallest absolute Gasteiger partial charge is 0.191 e. The molecule has 0 amide bonds. The van der Waals surface area contributed by atoms with Crippen molar-refractivity contribution in [3.8, 4) is 5.75 Å². The number of ether oxygens (including phenoxy) is 3. The van der Waals surface area contributed by atoms with Crippen molar-refractivity contribution in [1.29, 1.82) is 0 Å². The van der Waals surface area contributed by atoms with Crippen molar-refractivity contribution in [2.45, 2.75) is 57.2 Å². The minimum Gasteiger partial charge on any atom is -0.467 e. The van der Waals surface area contributed by atoms with Gasteiger partial charge in [-0.15, -0.1) is 0 Å². The summed E-state index contributed by atoms with van der Waals surface area (Å²) in [5.41, 5.74) is 1.63.